The van der Waals surface area contributed by atoms with Crippen LogP contribution in [0.4, 0.5) is 0 Å². The summed E-state index contributed by atoms with van der Waals surface area (Å²) in [7, 11) is 2.26. The average Bonchev–Trinajstić information content (AvgIpc) is 2.93. The lowest BCUT2D eigenvalue weighted by Gasteiger charge is -2.36. The van der Waals surface area contributed by atoms with Gasteiger partial charge in [0, 0.05) is 41.6 Å². The van der Waals surface area contributed by atoms with Gasteiger partial charge >= 0.3 is 0 Å². The number of para-hydroxylation sites is 1. The van der Waals surface area contributed by atoms with Gasteiger partial charge in [-0.3, -0.25) is 4.90 Å². The molecule has 2 nitrogen and oxygen atoms in total. The quantitative estimate of drug-likeness (QED) is 0.645. The van der Waals surface area contributed by atoms with Gasteiger partial charge < -0.3 is 4.57 Å². The predicted molar refractivity (Wildman–Crippen MR) is 106 cm³/mol. The first kappa shape index (κ1) is 16.4. The number of aromatic nitrogens is 1. The van der Waals surface area contributed by atoms with Crippen molar-refractivity contribution in [1.82, 2.24) is 9.47 Å². The molecule has 1 aliphatic heterocycles. The topological polar surface area (TPSA) is 8.17 Å². The van der Waals surface area contributed by atoms with E-state index in [9.17, 15) is 0 Å². The van der Waals surface area contributed by atoms with Crippen molar-refractivity contribution in [2.45, 2.75) is 52.2 Å². The summed E-state index contributed by atoms with van der Waals surface area (Å²) in [5.41, 5.74) is 7.24. The molecule has 0 aliphatic carbocycles. The predicted octanol–water partition coefficient (Wildman–Crippen LogP) is 5.13. The molecule has 0 bridgehead atoms. The fourth-order valence-electron chi connectivity index (χ4n) is 4.33. The van der Waals surface area contributed by atoms with Crippen molar-refractivity contribution in [3.8, 4) is 0 Å². The summed E-state index contributed by atoms with van der Waals surface area (Å²) in [6, 6.07) is 19.0. The van der Waals surface area contributed by atoms with Crippen molar-refractivity contribution < 1.29 is 0 Å². The van der Waals surface area contributed by atoms with Crippen molar-refractivity contribution in [2.24, 2.45) is 0 Å². The zero-order valence-electron chi connectivity index (χ0n) is 15.8. The maximum Gasteiger partial charge on any atom is 0.0486 e. The third kappa shape index (κ3) is 2.79. The van der Waals surface area contributed by atoms with E-state index in [1.165, 1.54) is 22.0 Å². The number of aryl methyl sites for hydroxylation is 3. The van der Waals surface area contributed by atoms with E-state index in [0.717, 1.165) is 19.4 Å². The highest BCUT2D eigenvalue weighted by atomic mass is 15.2. The van der Waals surface area contributed by atoms with Gasteiger partial charge in [0.15, 0.2) is 0 Å². The lowest BCUT2D eigenvalue weighted by Crippen LogP contribution is -2.38. The molecule has 2 unspecified atom stereocenters. The van der Waals surface area contributed by atoms with Gasteiger partial charge in [-0.05, 0) is 51.4 Å². The zero-order chi connectivity index (χ0) is 17.6. The largest absolute Gasteiger partial charge is 0.344 e. The van der Waals surface area contributed by atoms with E-state index in [4.69, 9.17) is 0 Å². The molecule has 1 aliphatic rings. The first-order chi connectivity index (χ1) is 12.1. The van der Waals surface area contributed by atoms with Crippen LogP contribution in [-0.4, -0.2) is 22.6 Å². The number of hydrogen-bond acceptors (Lipinski definition) is 1. The average molecular weight is 332 g/mol. The van der Waals surface area contributed by atoms with Crippen LogP contribution in [0.1, 0.15) is 42.3 Å². The minimum Gasteiger partial charge on any atom is -0.344 e. The van der Waals surface area contributed by atoms with E-state index >= 15 is 0 Å². The Labute approximate surface area is 151 Å². The Morgan fingerprint density at radius 2 is 1.72 bits per heavy atom. The molecule has 0 spiro atoms. The molecule has 0 saturated carbocycles. The van der Waals surface area contributed by atoms with Gasteiger partial charge in [-0.15, -0.1) is 0 Å². The Morgan fingerprint density at radius 3 is 2.48 bits per heavy atom. The monoisotopic (exact) mass is 332 g/mol. The van der Waals surface area contributed by atoms with Crippen molar-refractivity contribution in [3.63, 3.8) is 0 Å². The first-order valence-corrected chi connectivity index (χ1v) is 9.43. The molecular formula is C23H28N2. The second kappa shape index (κ2) is 6.34. The molecule has 130 valence electrons. The number of benzene rings is 2. The minimum atomic E-state index is 0.476. The molecule has 0 amide bonds. The second-order valence-electron chi connectivity index (χ2n) is 7.66. The molecular weight excluding hydrogens is 304 g/mol. The molecule has 0 N–H and O–H groups in total. The van der Waals surface area contributed by atoms with Gasteiger partial charge in [-0.2, -0.15) is 0 Å². The van der Waals surface area contributed by atoms with Crippen molar-refractivity contribution >= 4 is 10.9 Å². The first-order valence-electron chi connectivity index (χ1n) is 9.43. The summed E-state index contributed by atoms with van der Waals surface area (Å²) in [5.74, 6) is 0. The molecule has 0 radical (unpaired) electrons. The fourth-order valence-corrected chi connectivity index (χ4v) is 4.33. The summed E-state index contributed by atoms with van der Waals surface area (Å²) in [6.07, 6.45) is 2.22. The zero-order valence-corrected chi connectivity index (χ0v) is 15.8. The standard InChI is InChI=1S/C23H28N2/c1-16-9-11-19(12-10-16)13-14-25-21-8-6-5-7-20(21)23-18(3)24(4)17(2)15-22(23)25/h5-12,17-18H,13-15H2,1-4H3. The summed E-state index contributed by atoms with van der Waals surface area (Å²) in [5, 5.41) is 1.44. The van der Waals surface area contributed by atoms with Crippen molar-refractivity contribution in [1.29, 1.82) is 0 Å². The molecule has 2 aromatic carbocycles. The van der Waals surface area contributed by atoms with Gasteiger partial charge in [0.2, 0.25) is 0 Å². The van der Waals surface area contributed by atoms with E-state index in [-0.39, 0.29) is 0 Å². The Bertz CT molecular complexity index is 888. The van der Waals surface area contributed by atoms with E-state index in [1.54, 1.807) is 11.3 Å². The number of nitrogens with zero attached hydrogens (tertiary/aromatic N) is 2. The van der Waals surface area contributed by atoms with Crippen LogP contribution in [0.25, 0.3) is 10.9 Å². The van der Waals surface area contributed by atoms with Crippen LogP contribution in [0.15, 0.2) is 48.5 Å². The second-order valence-corrected chi connectivity index (χ2v) is 7.66. The van der Waals surface area contributed by atoms with E-state index in [2.05, 4.69) is 85.8 Å². The highest BCUT2D eigenvalue weighted by molar-refractivity contribution is 5.86. The van der Waals surface area contributed by atoms with E-state index in [0.29, 0.717) is 12.1 Å². The van der Waals surface area contributed by atoms with Crippen LogP contribution in [0.2, 0.25) is 0 Å². The van der Waals surface area contributed by atoms with Crippen LogP contribution in [0.3, 0.4) is 0 Å². The van der Waals surface area contributed by atoms with Crippen LogP contribution in [0.5, 0.6) is 0 Å². The molecule has 2 heteroatoms. The Kier molecular flexibility index (Phi) is 4.16. The smallest absolute Gasteiger partial charge is 0.0486 e. The number of likely N-dealkylation sites (N-methyl/N-ethyl adjacent to an activating group) is 1. The lowest BCUT2D eigenvalue weighted by molar-refractivity contribution is 0.177. The maximum absolute atomic E-state index is 2.59. The Balaban J connectivity index is 1.76. The van der Waals surface area contributed by atoms with Gasteiger partial charge in [0.05, 0.1) is 0 Å². The highest BCUT2D eigenvalue weighted by Gasteiger charge is 2.31. The van der Waals surface area contributed by atoms with E-state index in [1.807, 2.05) is 0 Å². The van der Waals surface area contributed by atoms with Gasteiger partial charge in [-0.25, -0.2) is 0 Å². The Morgan fingerprint density at radius 1 is 1.00 bits per heavy atom. The molecule has 4 rings (SSSR count). The van der Waals surface area contributed by atoms with Gasteiger partial charge in [-0.1, -0.05) is 48.0 Å². The van der Waals surface area contributed by atoms with E-state index < -0.39 is 0 Å². The van der Waals surface area contributed by atoms with Crippen LogP contribution >= 0.6 is 0 Å². The summed E-state index contributed by atoms with van der Waals surface area (Å²) in [6.45, 7) is 7.91. The number of fused-ring (bicyclic) bond motifs is 3. The molecule has 2 heterocycles. The van der Waals surface area contributed by atoms with Gasteiger partial charge in [0.25, 0.3) is 0 Å². The molecule has 25 heavy (non-hydrogen) atoms. The molecule has 2 atom stereocenters. The third-order valence-electron chi connectivity index (χ3n) is 6.08. The van der Waals surface area contributed by atoms with Crippen LogP contribution < -0.4 is 0 Å². The van der Waals surface area contributed by atoms with Crippen LogP contribution in [-0.2, 0) is 19.4 Å². The molecule has 1 aromatic heterocycles. The minimum absolute atomic E-state index is 0.476. The van der Waals surface area contributed by atoms with Crippen molar-refractivity contribution in [3.05, 3.63) is 70.9 Å². The molecule has 0 fully saturated rings. The SMILES string of the molecule is Cc1ccc(CCn2c3c(c4ccccc42)C(C)N(C)C(C)C3)cc1. The van der Waals surface area contributed by atoms with Gasteiger partial charge in [0.1, 0.15) is 0 Å². The summed E-state index contributed by atoms with van der Waals surface area (Å²) >= 11 is 0. The molecule has 3 aromatic rings. The fraction of sp³-hybridized carbons (Fsp3) is 0.391. The highest BCUT2D eigenvalue weighted by Crippen LogP contribution is 2.39. The van der Waals surface area contributed by atoms with Crippen LogP contribution in [0, 0.1) is 6.92 Å². The maximum atomic E-state index is 2.59. The summed E-state index contributed by atoms with van der Waals surface area (Å²) in [4.78, 5) is 2.51. The third-order valence-corrected chi connectivity index (χ3v) is 6.08. The summed E-state index contributed by atoms with van der Waals surface area (Å²) < 4.78 is 2.59. The van der Waals surface area contributed by atoms with Crippen molar-refractivity contribution in [2.75, 3.05) is 7.05 Å². The number of hydrogen-bond donors (Lipinski definition) is 0. The Hall–Kier alpha value is -2.06. The number of rotatable bonds is 3. The normalized spacial score (nSPS) is 20.8. The molecule has 0 saturated heterocycles. The lowest BCUT2D eigenvalue weighted by atomic mass is 9.93.